The Hall–Kier alpha value is -3.07. The van der Waals surface area contributed by atoms with Crippen LogP contribution in [0.3, 0.4) is 0 Å². The summed E-state index contributed by atoms with van der Waals surface area (Å²) in [6.07, 6.45) is 1.95. The highest BCUT2D eigenvalue weighted by molar-refractivity contribution is 5.80. The molecule has 150 valence electrons. The van der Waals surface area contributed by atoms with Crippen molar-refractivity contribution in [1.29, 1.82) is 0 Å². The van der Waals surface area contributed by atoms with Gasteiger partial charge in [-0.05, 0) is 90.9 Å². The largest absolute Gasteiger partial charge is 0.496 e. The SMILES string of the molecule is COc1c(C)cc(C(N=Cc2ccccc2)c2cc(C)c(OC)c(C)c2)cc1C. The predicted molar refractivity (Wildman–Crippen MR) is 121 cm³/mol. The minimum Gasteiger partial charge on any atom is -0.496 e. The average Bonchev–Trinajstić information content (AvgIpc) is 2.68. The molecule has 0 aliphatic rings. The summed E-state index contributed by atoms with van der Waals surface area (Å²) < 4.78 is 11.1. The Bertz CT molecular complexity index is 917. The maximum Gasteiger partial charge on any atom is 0.124 e. The van der Waals surface area contributed by atoms with Crippen molar-refractivity contribution in [2.24, 2.45) is 4.99 Å². The Morgan fingerprint density at radius 1 is 0.690 bits per heavy atom. The zero-order valence-corrected chi connectivity index (χ0v) is 18.1. The minimum absolute atomic E-state index is 0.109. The first-order valence-corrected chi connectivity index (χ1v) is 9.83. The number of aliphatic imine (C=N–C) groups is 1. The van der Waals surface area contributed by atoms with E-state index in [9.17, 15) is 0 Å². The molecule has 0 N–H and O–H groups in total. The van der Waals surface area contributed by atoms with Crippen LogP contribution in [0.5, 0.6) is 11.5 Å². The van der Waals surface area contributed by atoms with Gasteiger partial charge in [-0.25, -0.2) is 0 Å². The van der Waals surface area contributed by atoms with Gasteiger partial charge in [-0.3, -0.25) is 4.99 Å². The molecule has 0 spiro atoms. The Balaban J connectivity index is 2.14. The lowest BCUT2D eigenvalue weighted by atomic mass is 9.93. The Morgan fingerprint density at radius 3 is 1.48 bits per heavy atom. The van der Waals surface area contributed by atoms with Crippen molar-refractivity contribution in [3.05, 3.63) is 93.5 Å². The fraction of sp³-hybridized carbons (Fsp3) is 0.269. The van der Waals surface area contributed by atoms with Crippen molar-refractivity contribution >= 4 is 6.21 Å². The van der Waals surface area contributed by atoms with Crippen LogP contribution in [-0.2, 0) is 0 Å². The van der Waals surface area contributed by atoms with E-state index in [-0.39, 0.29) is 6.04 Å². The Kier molecular flexibility index (Phi) is 6.38. The molecular weight excluding hydrogens is 358 g/mol. The standard InChI is InChI=1S/C26H29NO2/c1-17-12-22(13-18(2)25(17)28-5)24(27-16-21-10-8-7-9-11-21)23-14-19(3)26(29-6)20(4)15-23/h7-16,24H,1-6H3. The summed E-state index contributed by atoms with van der Waals surface area (Å²) in [4.78, 5) is 5.00. The van der Waals surface area contributed by atoms with Gasteiger partial charge in [-0.15, -0.1) is 0 Å². The summed E-state index contributed by atoms with van der Waals surface area (Å²) in [6, 6.07) is 18.8. The Morgan fingerprint density at radius 2 is 1.10 bits per heavy atom. The quantitative estimate of drug-likeness (QED) is 0.475. The third-order valence-corrected chi connectivity index (χ3v) is 5.18. The van der Waals surface area contributed by atoms with E-state index in [4.69, 9.17) is 14.5 Å². The van der Waals surface area contributed by atoms with Crippen LogP contribution in [-0.4, -0.2) is 20.4 Å². The topological polar surface area (TPSA) is 30.8 Å². The molecule has 0 radical (unpaired) electrons. The predicted octanol–water partition coefficient (Wildman–Crippen LogP) is 6.15. The zero-order chi connectivity index (χ0) is 21.0. The van der Waals surface area contributed by atoms with Gasteiger partial charge >= 0.3 is 0 Å². The molecule has 0 aliphatic heterocycles. The van der Waals surface area contributed by atoms with E-state index in [1.807, 2.05) is 24.4 Å². The zero-order valence-electron chi connectivity index (χ0n) is 18.1. The number of hydrogen-bond acceptors (Lipinski definition) is 3. The number of benzene rings is 3. The average molecular weight is 388 g/mol. The van der Waals surface area contributed by atoms with Crippen LogP contribution >= 0.6 is 0 Å². The molecule has 0 fully saturated rings. The summed E-state index contributed by atoms with van der Waals surface area (Å²) in [5.74, 6) is 1.86. The van der Waals surface area contributed by atoms with Gasteiger partial charge in [-0.2, -0.15) is 0 Å². The van der Waals surface area contributed by atoms with Crippen LogP contribution in [0.2, 0.25) is 0 Å². The van der Waals surface area contributed by atoms with Crippen molar-refractivity contribution in [3.8, 4) is 11.5 Å². The van der Waals surface area contributed by atoms with Gasteiger partial charge in [0, 0.05) is 6.21 Å². The van der Waals surface area contributed by atoms with E-state index < -0.39 is 0 Å². The molecule has 3 rings (SSSR count). The van der Waals surface area contributed by atoms with Crippen molar-refractivity contribution in [2.45, 2.75) is 33.7 Å². The maximum atomic E-state index is 5.56. The first kappa shape index (κ1) is 20.7. The molecule has 0 saturated carbocycles. The van der Waals surface area contributed by atoms with Crippen LogP contribution in [0.4, 0.5) is 0 Å². The molecule has 29 heavy (non-hydrogen) atoms. The fourth-order valence-electron chi connectivity index (χ4n) is 3.99. The summed E-state index contributed by atoms with van der Waals surface area (Å²) in [5.41, 5.74) is 7.85. The van der Waals surface area contributed by atoms with E-state index >= 15 is 0 Å². The molecule has 0 amide bonds. The molecule has 0 heterocycles. The highest BCUT2D eigenvalue weighted by Gasteiger charge is 2.18. The van der Waals surface area contributed by atoms with Crippen molar-refractivity contribution in [1.82, 2.24) is 0 Å². The number of hydrogen-bond donors (Lipinski definition) is 0. The lowest BCUT2D eigenvalue weighted by Gasteiger charge is -2.19. The van der Waals surface area contributed by atoms with Gasteiger partial charge in [0.1, 0.15) is 11.5 Å². The van der Waals surface area contributed by atoms with Gasteiger partial charge in [0.2, 0.25) is 0 Å². The third kappa shape index (κ3) is 4.51. The van der Waals surface area contributed by atoms with Gasteiger partial charge in [0.15, 0.2) is 0 Å². The molecule has 0 bridgehead atoms. The van der Waals surface area contributed by atoms with E-state index in [2.05, 4.69) is 64.1 Å². The Labute approximate surface area is 174 Å². The second-order valence-electron chi connectivity index (χ2n) is 7.47. The summed E-state index contributed by atoms with van der Waals surface area (Å²) in [5, 5.41) is 0. The molecule has 3 aromatic rings. The molecule has 3 aromatic carbocycles. The lowest BCUT2D eigenvalue weighted by Crippen LogP contribution is -2.04. The van der Waals surface area contributed by atoms with Crippen LogP contribution < -0.4 is 9.47 Å². The first-order chi connectivity index (χ1) is 13.9. The smallest absolute Gasteiger partial charge is 0.124 e. The van der Waals surface area contributed by atoms with E-state index in [1.165, 1.54) is 0 Å². The van der Waals surface area contributed by atoms with Crippen LogP contribution in [0.1, 0.15) is 45.0 Å². The normalized spacial score (nSPS) is 11.3. The summed E-state index contributed by atoms with van der Waals surface area (Å²) in [6.45, 7) is 8.32. The monoisotopic (exact) mass is 387 g/mol. The number of aryl methyl sites for hydroxylation is 4. The lowest BCUT2D eigenvalue weighted by molar-refractivity contribution is 0.408. The molecule has 3 heteroatoms. The summed E-state index contributed by atoms with van der Waals surface area (Å²) in [7, 11) is 3.44. The van der Waals surface area contributed by atoms with E-state index in [1.54, 1.807) is 14.2 Å². The molecule has 0 unspecified atom stereocenters. The molecule has 0 atom stereocenters. The molecule has 0 aliphatic carbocycles. The second kappa shape index (κ2) is 8.95. The van der Waals surface area contributed by atoms with Crippen molar-refractivity contribution in [3.63, 3.8) is 0 Å². The van der Waals surface area contributed by atoms with Crippen LogP contribution in [0.15, 0.2) is 59.6 Å². The van der Waals surface area contributed by atoms with E-state index in [0.29, 0.717) is 0 Å². The number of nitrogens with zero attached hydrogens (tertiary/aromatic N) is 1. The van der Waals surface area contributed by atoms with Crippen molar-refractivity contribution in [2.75, 3.05) is 14.2 Å². The van der Waals surface area contributed by atoms with Gasteiger partial charge in [-0.1, -0.05) is 30.3 Å². The number of methoxy groups -OCH3 is 2. The third-order valence-electron chi connectivity index (χ3n) is 5.18. The highest BCUT2D eigenvalue weighted by atomic mass is 16.5. The second-order valence-corrected chi connectivity index (χ2v) is 7.47. The van der Waals surface area contributed by atoms with E-state index in [0.717, 1.165) is 50.4 Å². The highest BCUT2D eigenvalue weighted by Crippen LogP contribution is 2.35. The van der Waals surface area contributed by atoms with Gasteiger partial charge in [0.25, 0.3) is 0 Å². The van der Waals surface area contributed by atoms with Crippen molar-refractivity contribution < 1.29 is 9.47 Å². The molecule has 0 saturated heterocycles. The van der Waals surface area contributed by atoms with Gasteiger partial charge in [0.05, 0.1) is 20.3 Å². The molecule has 3 nitrogen and oxygen atoms in total. The maximum absolute atomic E-state index is 5.56. The number of ether oxygens (including phenoxy) is 2. The first-order valence-electron chi connectivity index (χ1n) is 9.83. The number of rotatable bonds is 6. The minimum atomic E-state index is -0.109. The van der Waals surface area contributed by atoms with Gasteiger partial charge < -0.3 is 9.47 Å². The fourth-order valence-corrected chi connectivity index (χ4v) is 3.99. The summed E-state index contributed by atoms with van der Waals surface area (Å²) >= 11 is 0. The molecular formula is C26H29NO2. The van der Waals surface area contributed by atoms with Crippen LogP contribution in [0.25, 0.3) is 0 Å². The molecule has 0 aromatic heterocycles. The van der Waals surface area contributed by atoms with Crippen LogP contribution in [0, 0.1) is 27.7 Å².